The Labute approximate surface area is 148 Å². The molecule has 134 valence electrons. The maximum absolute atomic E-state index is 12.1. The first-order chi connectivity index (χ1) is 12.1. The Bertz CT molecular complexity index is 642. The summed E-state index contributed by atoms with van der Waals surface area (Å²) in [7, 11) is 0. The van der Waals surface area contributed by atoms with E-state index in [-0.39, 0.29) is 10.6 Å². The quantitative estimate of drug-likeness (QED) is 0.588. The number of hydrogen-bond donors (Lipinski definition) is 0. The third kappa shape index (κ3) is 4.07. The van der Waals surface area contributed by atoms with E-state index in [0.29, 0.717) is 24.4 Å². The van der Waals surface area contributed by atoms with Gasteiger partial charge >= 0.3 is 0 Å². The highest BCUT2D eigenvalue weighted by Crippen LogP contribution is 2.30. The first-order valence-electron chi connectivity index (χ1n) is 9.03. The Kier molecular flexibility index (Phi) is 5.48. The molecule has 2 saturated heterocycles. The molecule has 25 heavy (non-hydrogen) atoms. The van der Waals surface area contributed by atoms with Crippen LogP contribution in [0.3, 0.4) is 0 Å². The van der Waals surface area contributed by atoms with Gasteiger partial charge in [0.2, 0.25) is 5.91 Å². The molecule has 2 atom stereocenters. The lowest BCUT2D eigenvalue weighted by molar-refractivity contribution is -0.384. The van der Waals surface area contributed by atoms with Crippen LogP contribution in [0.2, 0.25) is 0 Å². The predicted molar refractivity (Wildman–Crippen MR) is 97.1 cm³/mol. The number of amides is 1. The van der Waals surface area contributed by atoms with Gasteiger partial charge in [0.25, 0.3) is 5.69 Å². The van der Waals surface area contributed by atoms with Gasteiger partial charge in [-0.15, -0.1) is 0 Å². The van der Waals surface area contributed by atoms with E-state index in [1.54, 1.807) is 12.1 Å². The maximum atomic E-state index is 12.1. The fourth-order valence-corrected chi connectivity index (χ4v) is 3.88. The van der Waals surface area contributed by atoms with Crippen LogP contribution in [0.15, 0.2) is 30.3 Å². The number of nitro benzene ring substituents is 1. The number of nitrogens with zero attached hydrogens (tertiary/aromatic N) is 3. The van der Waals surface area contributed by atoms with Crippen molar-refractivity contribution in [3.63, 3.8) is 0 Å². The molecule has 2 aliphatic rings. The highest BCUT2D eigenvalue weighted by Gasteiger charge is 2.40. The summed E-state index contributed by atoms with van der Waals surface area (Å²) in [4.78, 5) is 27.0. The van der Waals surface area contributed by atoms with Gasteiger partial charge in [-0.2, -0.15) is 0 Å². The number of piperazine rings is 1. The molecule has 6 nitrogen and oxygen atoms in total. The number of non-ortho nitro benzene ring substituents is 1. The van der Waals surface area contributed by atoms with Crippen LogP contribution in [-0.2, 0) is 4.79 Å². The van der Waals surface area contributed by atoms with Gasteiger partial charge in [0.15, 0.2) is 0 Å². The van der Waals surface area contributed by atoms with Crippen molar-refractivity contribution < 1.29 is 9.72 Å². The molecule has 0 N–H and O–H groups in total. The normalized spacial score (nSPS) is 23.3. The van der Waals surface area contributed by atoms with Gasteiger partial charge < -0.3 is 4.90 Å². The van der Waals surface area contributed by atoms with Crippen molar-refractivity contribution >= 4 is 17.7 Å². The SMILES string of the molecule is CCCC(=O)N1C[C@H]2CC[C@@H](C1)N2C/C=C/c1ccc([N+](=O)[O-])cc1. The van der Waals surface area contributed by atoms with E-state index in [2.05, 4.69) is 11.0 Å². The van der Waals surface area contributed by atoms with Crippen LogP contribution < -0.4 is 0 Å². The molecule has 0 aromatic heterocycles. The zero-order valence-electron chi connectivity index (χ0n) is 14.6. The van der Waals surface area contributed by atoms with Crippen LogP contribution in [0.4, 0.5) is 5.69 Å². The zero-order chi connectivity index (χ0) is 17.8. The summed E-state index contributed by atoms with van der Waals surface area (Å²) in [6.07, 6.45) is 8.01. The Morgan fingerprint density at radius 1 is 1.24 bits per heavy atom. The van der Waals surface area contributed by atoms with Crippen molar-refractivity contribution in [2.45, 2.75) is 44.7 Å². The van der Waals surface area contributed by atoms with Crippen LogP contribution in [-0.4, -0.2) is 52.3 Å². The maximum Gasteiger partial charge on any atom is 0.269 e. The molecule has 1 amide bonds. The van der Waals surface area contributed by atoms with E-state index in [9.17, 15) is 14.9 Å². The van der Waals surface area contributed by atoms with Crippen molar-refractivity contribution in [1.29, 1.82) is 0 Å². The van der Waals surface area contributed by atoms with Crippen LogP contribution in [0.1, 0.15) is 38.2 Å². The van der Waals surface area contributed by atoms with Crippen LogP contribution in [0.5, 0.6) is 0 Å². The van der Waals surface area contributed by atoms with Crippen molar-refractivity contribution in [3.8, 4) is 0 Å². The lowest BCUT2D eigenvalue weighted by Crippen LogP contribution is -2.55. The standard InChI is InChI=1S/C19H25N3O3/c1-2-4-19(23)20-13-17-10-11-18(14-20)21(17)12-3-5-15-6-8-16(9-7-15)22(24)25/h3,5-9,17-18H,2,4,10-14H2,1H3/b5-3+/t17-,18+. The summed E-state index contributed by atoms with van der Waals surface area (Å²) in [6, 6.07) is 7.51. The van der Waals surface area contributed by atoms with Crippen molar-refractivity contribution in [1.82, 2.24) is 9.80 Å². The fourth-order valence-electron chi connectivity index (χ4n) is 3.88. The molecule has 2 fully saturated rings. The summed E-state index contributed by atoms with van der Waals surface area (Å²) >= 11 is 0. The monoisotopic (exact) mass is 343 g/mol. The summed E-state index contributed by atoms with van der Waals surface area (Å²) in [6.45, 7) is 4.61. The molecule has 2 bridgehead atoms. The van der Waals surface area contributed by atoms with Crippen LogP contribution >= 0.6 is 0 Å². The van der Waals surface area contributed by atoms with Gasteiger partial charge in [-0.3, -0.25) is 19.8 Å². The predicted octanol–water partition coefficient (Wildman–Crippen LogP) is 3.08. The Balaban J connectivity index is 1.56. The Morgan fingerprint density at radius 2 is 1.88 bits per heavy atom. The first-order valence-corrected chi connectivity index (χ1v) is 9.03. The smallest absolute Gasteiger partial charge is 0.269 e. The minimum Gasteiger partial charge on any atom is -0.340 e. The van der Waals surface area contributed by atoms with Crippen LogP contribution in [0.25, 0.3) is 6.08 Å². The molecule has 0 radical (unpaired) electrons. The highest BCUT2D eigenvalue weighted by atomic mass is 16.6. The topological polar surface area (TPSA) is 66.7 Å². The van der Waals surface area contributed by atoms with Gasteiger partial charge in [0, 0.05) is 50.3 Å². The second kappa shape index (κ2) is 7.78. The molecule has 2 heterocycles. The molecule has 0 aliphatic carbocycles. The third-order valence-electron chi connectivity index (χ3n) is 5.18. The Hall–Kier alpha value is -2.21. The third-order valence-corrected chi connectivity index (χ3v) is 5.18. The number of hydrogen-bond acceptors (Lipinski definition) is 4. The first kappa shape index (κ1) is 17.6. The molecule has 0 saturated carbocycles. The number of carbonyl (C=O) groups excluding carboxylic acids is 1. The average molecular weight is 343 g/mol. The number of likely N-dealkylation sites (tertiary alicyclic amines) is 1. The zero-order valence-corrected chi connectivity index (χ0v) is 14.6. The van der Waals surface area contributed by atoms with E-state index >= 15 is 0 Å². The lowest BCUT2D eigenvalue weighted by Gasteiger charge is -2.40. The van der Waals surface area contributed by atoms with E-state index in [1.165, 1.54) is 12.1 Å². The summed E-state index contributed by atoms with van der Waals surface area (Å²) in [5.74, 6) is 0.292. The number of rotatable bonds is 6. The van der Waals surface area contributed by atoms with Crippen molar-refractivity contribution in [3.05, 3.63) is 46.0 Å². The fraction of sp³-hybridized carbons (Fsp3) is 0.526. The summed E-state index contributed by atoms with van der Waals surface area (Å²) in [5, 5.41) is 10.7. The lowest BCUT2D eigenvalue weighted by atomic mass is 10.1. The van der Waals surface area contributed by atoms with Crippen LogP contribution in [0, 0.1) is 10.1 Å². The van der Waals surface area contributed by atoms with E-state index < -0.39 is 0 Å². The van der Waals surface area contributed by atoms with Gasteiger partial charge in [-0.1, -0.05) is 19.1 Å². The largest absolute Gasteiger partial charge is 0.340 e. The summed E-state index contributed by atoms with van der Waals surface area (Å²) < 4.78 is 0. The Morgan fingerprint density at radius 3 is 2.44 bits per heavy atom. The molecule has 0 spiro atoms. The molecule has 1 aromatic rings. The van der Waals surface area contributed by atoms with Crippen molar-refractivity contribution in [2.75, 3.05) is 19.6 Å². The molecule has 0 unspecified atom stereocenters. The minimum absolute atomic E-state index is 0.114. The number of benzene rings is 1. The molecular weight excluding hydrogens is 318 g/mol. The minimum atomic E-state index is -0.384. The average Bonchev–Trinajstić information content (AvgIpc) is 2.84. The number of nitro groups is 1. The number of fused-ring (bicyclic) bond motifs is 2. The highest BCUT2D eigenvalue weighted by molar-refractivity contribution is 5.76. The van der Waals surface area contributed by atoms with Gasteiger partial charge in [0.05, 0.1) is 4.92 Å². The molecule has 6 heteroatoms. The summed E-state index contributed by atoms with van der Waals surface area (Å²) in [5.41, 5.74) is 1.08. The van der Waals surface area contributed by atoms with E-state index in [4.69, 9.17) is 0 Å². The van der Waals surface area contributed by atoms with Gasteiger partial charge in [-0.25, -0.2) is 0 Å². The molecule has 2 aliphatic heterocycles. The molecule has 3 rings (SSSR count). The van der Waals surface area contributed by atoms with E-state index in [0.717, 1.165) is 44.5 Å². The van der Waals surface area contributed by atoms with Gasteiger partial charge in [-0.05, 0) is 37.0 Å². The van der Waals surface area contributed by atoms with E-state index in [1.807, 2.05) is 17.9 Å². The van der Waals surface area contributed by atoms with Gasteiger partial charge in [0.1, 0.15) is 0 Å². The number of carbonyl (C=O) groups is 1. The second-order valence-corrected chi connectivity index (χ2v) is 6.88. The second-order valence-electron chi connectivity index (χ2n) is 6.88. The molecule has 1 aromatic carbocycles. The molecular formula is C19H25N3O3. The van der Waals surface area contributed by atoms with Crippen molar-refractivity contribution in [2.24, 2.45) is 0 Å².